The molecule has 38 heavy (non-hydrogen) atoms. The summed E-state index contributed by atoms with van der Waals surface area (Å²) in [6.07, 6.45) is 9.63. The Labute approximate surface area is 226 Å². The first-order chi connectivity index (χ1) is 18.4. The third kappa shape index (κ3) is 5.16. The minimum atomic E-state index is -0.0736. The van der Waals surface area contributed by atoms with Gasteiger partial charge in [-0.1, -0.05) is 26.3 Å². The number of likely N-dealkylation sites (N-methyl/N-ethyl adjacent to an activating group) is 1. The van der Waals surface area contributed by atoms with Crippen LogP contribution in [0.5, 0.6) is 5.75 Å². The van der Waals surface area contributed by atoms with Crippen molar-refractivity contribution < 1.29 is 9.53 Å². The van der Waals surface area contributed by atoms with Crippen LogP contribution >= 0.6 is 0 Å². The summed E-state index contributed by atoms with van der Waals surface area (Å²) >= 11 is 0. The maximum absolute atomic E-state index is 12.9. The van der Waals surface area contributed by atoms with Crippen molar-refractivity contribution in [3.63, 3.8) is 0 Å². The van der Waals surface area contributed by atoms with Gasteiger partial charge in [0, 0.05) is 30.4 Å². The Morgan fingerprint density at radius 2 is 1.89 bits per heavy atom. The first kappa shape index (κ1) is 26.3. The molecular weight excluding hydrogens is 478 g/mol. The van der Waals surface area contributed by atoms with Crippen LogP contribution in [0.15, 0.2) is 36.7 Å². The lowest BCUT2D eigenvalue weighted by atomic mass is 10.0. The molecule has 0 spiro atoms. The van der Waals surface area contributed by atoms with Crippen molar-refractivity contribution in [1.82, 2.24) is 20.2 Å². The van der Waals surface area contributed by atoms with Crippen LogP contribution < -0.4 is 25.2 Å². The van der Waals surface area contributed by atoms with E-state index in [1.807, 2.05) is 25.4 Å². The molecule has 1 atom stereocenters. The number of carbonyl (C=O) groups excluding carboxylic acids is 1. The molecule has 2 aliphatic heterocycles. The molecule has 1 aliphatic carbocycles. The second-order valence-electron chi connectivity index (χ2n) is 10.8. The lowest BCUT2D eigenvalue weighted by Crippen LogP contribution is -2.50. The molecule has 3 heterocycles. The van der Waals surface area contributed by atoms with Crippen molar-refractivity contribution in [2.24, 2.45) is 0 Å². The fourth-order valence-electron chi connectivity index (χ4n) is 6.06. The van der Waals surface area contributed by atoms with Gasteiger partial charge in [-0.05, 0) is 70.4 Å². The molecule has 1 aromatic carbocycles. The molecule has 0 unspecified atom stereocenters. The van der Waals surface area contributed by atoms with Crippen molar-refractivity contribution in [1.29, 1.82) is 0 Å². The van der Waals surface area contributed by atoms with E-state index < -0.39 is 0 Å². The molecule has 3 aliphatic rings. The van der Waals surface area contributed by atoms with E-state index in [4.69, 9.17) is 9.72 Å². The number of anilines is 4. The second-order valence-corrected chi connectivity index (χ2v) is 10.8. The van der Waals surface area contributed by atoms with Crippen molar-refractivity contribution in [2.75, 3.05) is 49.4 Å². The minimum absolute atomic E-state index is 0.0736. The molecule has 0 bridgehead atoms. The highest BCUT2D eigenvalue weighted by Gasteiger charge is 2.38. The highest BCUT2D eigenvalue weighted by Crippen LogP contribution is 2.43. The number of nitrogens with one attached hydrogen (secondary N) is 2. The van der Waals surface area contributed by atoms with Crippen LogP contribution in [0, 0.1) is 0 Å². The third-order valence-corrected chi connectivity index (χ3v) is 8.38. The second kappa shape index (κ2) is 11.2. The van der Waals surface area contributed by atoms with Crippen molar-refractivity contribution in [3.05, 3.63) is 42.2 Å². The summed E-state index contributed by atoms with van der Waals surface area (Å²) in [7, 11) is 5.77. The van der Waals surface area contributed by atoms with Gasteiger partial charge < -0.3 is 30.1 Å². The number of piperidine rings is 1. The van der Waals surface area contributed by atoms with E-state index >= 15 is 0 Å². The van der Waals surface area contributed by atoms with Crippen LogP contribution in [0.1, 0.15) is 62.2 Å². The fraction of sp³-hybridized carbons (Fsp3) is 0.552. The van der Waals surface area contributed by atoms with Gasteiger partial charge in [0.15, 0.2) is 5.82 Å². The molecule has 2 fully saturated rings. The maximum atomic E-state index is 12.9. The number of carbonyl (C=O) groups is 1. The zero-order valence-corrected chi connectivity index (χ0v) is 23.2. The van der Waals surface area contributed by atoms with Gasteiger partial charge in [0.05, 0.1) is 25.0 Å². The molecule has 204 valence electrons. The number of likely N-dealkylation sites (tertiary alicyclic amines) is 1. The molecule has 9 heteroatoms. The van der Waals surface area contributed by atoms with E-state index in [0.717, 1.165) is 55.2 Å². The summed E-state index contributed by atoms with van der Waals surface area (Å²) < 4.78 is 5.66. The van der Waals surface area contributed by atoms with Crippen LogP contribution in [0.3, 0.4) is 0 Å². The number of ether oxygens (including phenoxy) is 1. The fourth-order valence-corrected chi connectivity index (χ4v) is 6.06. The maximum Gasteiger partial charge on any atom is 0.251 e. The number of nitrogens with zero attached hydrogens (tertiary/aromatic N) is 5. The van der Waals surface area contributed by atoms with Crippen LogP contribution in [0.2, 0.25) is 0 Å². The number of hydrogen-bond donors (Lipinski definition) is 2. The van der Waals surface area contributed by atoms with Crippen LogP contribution in [-0.4, -0.2) is 73.2 Å². The van der Waals surface area contributed by atoms with Gasteiger partial charge in [0.25, 0.3) is 5.91 Å². The van der Waals surface area contributed by atoms with Crippen LogP contribution in [-0.2, 0) is 0 Å². The largest absolute Gasteiger partial charge is 0.495 e. The predicted octanol–water partition coefficient (Wildman–Crippen LogP) is 4.54. The van der Waals surface area contributed by atoms with E-state index in [-0.39, 0.29) is 18.0 Å². The summed E-state index contributed by atoms with van der Waals surface area (Å²) in [4.78, 5) is 29.5. The molecule has 9 nitrogen and oxygen atoms in total. The third-order valence-electron chi connectivity index (χ3n) is 8.38. The highest BCUT2D eigenvalue weighted by atomic mass is 16.5. The van der Waals surface area contributed by atoms with Gasteiger partial charge in [0.1, 0.15) is 11.4 Å². The van der Waals surface area contributed by atoms with Gasteiger partial charge in [-0.2, -0.15) is 4.98 Å². The average Bonchev–Trinajstić information content (AvgIpc) is 3.46. The predicted molar refractivity (Wildman–Crippen MR) is 153 cm³/mol. The number of aromatic nitrogens is 2. The molecule has 0 radical (unpaired) electrons. The topological polar surface area (TPSA) is 85.9 Å². The van der Waals surface area contributed by atoms with Crippen LogP contribution in [0.25, 0.3) is 0 Å². The Morgan fingerprint density at radius 1 is 1.16 bits per heavy atom. The molecule has 1 saturated heterocycles. The van der Waals surface area contributed by atoms with Gasteiger partial charge >= 0.3 is 0 Å². The minimum Gasteiger partial charge on any atom is -0.495 e. The Kier molecular flexibility index (Phi) is 7.74. The number of amides is 1. The number of hydrogen-bond acceptors (Lipinski definition) is 8. The van der Waals surface area contributed by atoms with Gasteiger partial charge in [0.2, 0.25) is 5.95 Å². The van der Waals surface area contributed by atoms with E-state index in [2.05, 4.69) is 50.9 Å². The monoisotopic (exact) mass is 519 g/mol. The zero-order valence-electron chi connectivity index (χ0n) is 23.2. The number of rotatable bonds is 7. The van der Waals surface area contributed by atoms with Gasteiger partial charge in [-0.3, -0.25) is 4.79 Å². The van der Waals surface area contributed by atoms with Crippen molar-refractivity contribution in [3.8, 4) is 5.75 Å². The number of methoxy groups -OCH3 is 1. The normalized spacial score (nSPS) is 20.9. The van der Waals surface area contributed by atoms with Crippen molar-refractivity contribution >= 4 is 29.0 Å². The first-order valence-corrected chi connectivity index (χ1v) is 13.9. The summed E-state index contributed by atoms with van der Waals surface area (Å²) in [6, 6.07) is 6.35. The molecule has 1 aromatic heterocycles. The van der Waals surface area contributed by atoms with E-state index in [9.17, 15) is 4.79 Å². The Bertz CT molecular complexity index is 1170. The molecule has 5 rings (SSSR count). The Morgan fingerprint density at radius 3 is 2.58 bits per heavy atom. The van der Waals surface area contributed by atoms with Gasteiger partial charge in [-0.25, -0.2) is 4.98 Å². The summed E-state index contributed by atoms with van der Waals surface area (Å²) in [6.45, 7) is 8.62. The van der Waals surface area contributed by atoms with Crippen molar-refractivity contribution in [2.45, 2.75) is 70.0 Å². The number of benzene rings is 1. The smallest absolute Gasteiger partial charge is 0.251 e. The summed E-state index contributed by atoms with van der Waals surface area (Å²) in [5.74, 6) is 1.95. The lowest BCUT2D eigenvalue weighted by molar-refractivity contribution is 0.0916. The molecule has 2 N–H and O–H groups in total. The van der Waals surface area contributed by atoms with Gasteiger partial charge in [-0.15, -0.1) is 0 Å². The Balaban J connectivity index is 1.38. The number of fused-ring (bicyclic) bond motifs is 1. The lowest BCUT2D eigenvalue weighted by Gasteiger charge is -2.46. The molecule has 2 aromatic rings. The molecule has 1 amide bonds. The quantitative estimate of drug-likeness (QED) is 0.551. The molecular formula is C29H41N7O2. The summed E-state index contributed by atoms with van der Waals surface area (Å²) in [5, 5.41) is 6.52. The molecule has 1 saturated carbocycles. The average molecular weight is 520 g/mol. The zero-order chi connectivity index (χ0) is 26.8. The van der Waals surface area contributed by atoms with E-state index in [1.54, 1.807) is 13.2 Å². The highest BCUT2D eigenvalue weighted by molar-refractivity contribution is 5.95. The standard InChI is InChI=1S/C29H41N7O2/c1-6-24-19(2)35(4)25-18-30-29(33-27(25)36(24)22-9-7-8-10-22)32-23-12-11-20(17-26(23)38-5)28(37)31-21-13-15-34(3)16-14-21/h11-12,17-18,21-22,24H,2,6-10,13-16H2,1,3-5H3,(H,31,37)(H,30,32,33)/t24-/m1/s1. The SMILES string of the molecule is C=C1[C@@H](CC)N(C2CCCC2)c2nc(Nc3ccc(C(=O)NC4CCN(C)CC4)cc3OC)ncc2N1C. The first-order valence-electron chi connectivity index (χ1n) is 13.9. The van der Waals surface area contributed by atoms with Crippen LogP contribution in [0.4, 0.5) is 23.1 Å². The summed E-state index contributed by atoms with van der Waals surface area (Å²) in [5.41, 5.74) is 3.37. The van der Waals surface area contributed by atoms with E-state index in [0.29, 0.717) is 23.3 Å². The Hall–Kier alpha value is -3.33. The van der Waals surface area contributed by atoms with E-state index in [1.165, 1.54) is 25.7 Å².